The maximum absolute atomic E-state index is 15.1. The molecule has 1 aromatic heterocycles. The van der Waals surface area contributed by atoms with Crippen molar-refractivity contribution in [2.75, 3.05) is 33.3 Å². The van der Waals surface area contributed by atoms with Crippen LogP contribution in [0.3, 0.4) is 0 Å². The van der Waals surface area contributed by atoms with E-state index in [1.54, 1.807) is 49.1 Å². The molecule has 3 atom stereocenters. The number of thiazole rings is 1. The zero-order valence-electron chi connectivity index (χ0n) is 21.6. The minimum atomic E-state index is -1.29. The van der Waals surface area contributed by atoms with E-state index in [0.717, 1.165) is 23.1 Å². The predicted octanol–water partition coefficient (Wildman–Crippen LogP) is 5.06. The molecule has 206 valence electrons. The molecule has 0 saturated carbocycles. The van der Waals surface area contributed by atoms with Crippen LogP contribution in [0, 0.1) is 11.6 Å². The van der Waals surface area contributed by atoms with Gasteiger partial charge in [0.05, 0.1) is 12.1 Å². The Bertz CT molecular complexity index is 1320. The summed E-state index contributed by atoms with van der Waals surface area (Å²) >= 11 is 1.53. The molecular formula is C29H31F3N4O2S. The van der Waals surface area contributed by atoms with Crippen molar-refractivity contribution in [3.63, 3.8) is 0 Å². The molecule has 1 fully saturated rings. The highest BCUT2D eigenvalue weighted by Gasteiger charge is 2.46. The number of carbonyl (C=O) groups excluding carboxylic acids is 1. The van der Waals surface area contributed by atoms with Gasteiger partial charge in [-0.3, -0.25) is 9.88 Å². The highest BCUT2D eigenvalue weighted by molar-refractivity contribution is 7.09. The van der Waals surface area contributed by atoms with Crippen LogP contribution in [0.5, 0.6) is 0 Å². The third kappa shape index (κ3) is 5.59. The summed E-state index contributed by atoms with van der Waals surface area (Å²) in [5.41, 5.74) is 1.54. The van der Waals surface area contributed by atoms with Crippen LogP contribution >= 0.6 is 11.3 Å². The summed E-state index contributed by atoms with van der Waals surface area (Å²) in [7, 11) is 1.65. The maximum Gasteiger partial charge on any atom is 0.321 e. The first-order valence-electron chi connectivity index (χ1n) is 12.9. The Morgan fingerprint density at radius 3 is 2.74 bits per heavy atom. The Morgan fingerprint density at radius 1 is 1.23 bits per heavy atom. The molecule has 0 spiro atoms. The lowest BCUT2D eigenvalue weighted by Crippen LogP contribution is -2.54. The minimum absolute atomic E-state index is 0.0394. The first-order valence-corrected chi connectivity index (χ1v) is 13.8. The van der Waals surface area contributed by atoms with Crippen LogP contribution < -0.4 is 0 Å². The molecule has 2 unspecified atom stereocenters. The van der Waals surface area contributed by atoms with E-state index in [9.17, 15) is 18.7 Å². The summed E-state index contributed by atoms with van der Waals surface area (Å²) in [6.07, 6.45) is 3.07. The number of aliphatic hydroxyl groups is 1. The molecule has 10 heteroatoms. The van der Waals surface area contributed by atoms with E-state index in [-0.39, 0.29) is 31.1 Å². The normalized spacial score (nSPS) is 23.9. The van der Waals surface area contributed by atoms with Crippen LogP contribution in [-0.4, -0.2) is 76.3 Å². The number of alkyl halides is 1. The van der Waals surface area contributed by atoms with Crippen LogP contribution in [0.1, 0.15) is 28.8 Å². The number of likely N-dealkylation sites (tertiary alicyclic amines) is 1. The monoisotopic (exact) mass is 556 g/mol. The lowest BCUT2D eigenvalue weighted by molar-refractivity contribution is 0.0758. The number of rotatable bonds is 6. The Balaban J connectivity index is 1.42. The zero-order valence-corrected chi connectivity index (χ0v) is 22.5. The number of carbonyl (C=O) groups is 1. The van der Waals surface area contributed by atoms with Gasteiger partial charge < -0.3 is 14.9 Å². The Hall–Kier alpha value is -3.21. The fraction of sp³-hybridized carbons (Fsp3) is 0.379. The van der Waals surface area contributed by atoms with E-state index in [4.69, 9.17) is 0 Å². The zero-order chi connectivity index (χ0) is 27.6. The second-order valence-electron chi connectivity index (χ2n) is 10.2. The highest BCUT2D eigenvalue weighted by Crippen LogP contribution is 2.41. The Kier molecular flexibility index (Phi) is 8.06. The third-order valence-corrected chi connectivity index (χ3v) is 8.48. The van der Waals surface area contributed by atoms with Gasteiger partial charge in [0.25, 0.3) is 0 Å². The van der Waals surface area contributed by atoms with Crippen molar-refractivity contribution in [3.05, 3.63) is 94.0 Å². The number of amides is 2. The summed E-state index contributed by atoms with van der Waals surface area (Å²) < 4.78 is 43.9. The van der Waals surface area contributed by atoms with Gasteiger partial charge in [0.1, 0.15) is 23.3 Å². The second-order valence-corrected chi connectivity index (χ2v) is 11.2. The maximum atomic E-state index is 15.1. The van der Waals surface area contributed by atoms with Crippen LogP contribution in [0.2, 0.25) is 0 Å². The molecule has 0 aliphatic carbocycles. The van der Waals surface area contributed by atoms with Gasteiger partial charge >= 0.3 is 6.03 Å². The lowest BCUT2D eigenvalue weighted by Gasteiger charge is -2.41. The summed E-state index contributed by atoms with van der Waals surface area (Å²) in [6.45, 7) is 0.992. The van der Waals surface area contributed by atoms with Crippen molar-refractivity contribution in [1.82, 2.24) is 19.7 Å². The molecule has 39 heavy (non-hydrogen) atoms. The van der Waals surface area contributed by atoms with Gasteiger partial charge in [0, 0.05) is 62.3 Å². The smallest absolute Gasteiger partial charge is 0.321 e. The number of nitrogens with zero attached hydrogens (tertiary/aromatic N) is 4. The molecule has 3 aromatic rings. The fourth-order valence-electron chi connectivity index (χ4n) is 5.63. The molecule has 2 amide bonds. The molecule has 2 aromatic carbocycles. The molecule has 0 radical (unpaired) electrons. The van der Waals surface area contributed by atoms with Gasteiger partial charge in [0.2, 0.25) is 0 Å². The summed E-state index contributed by atoms with van der Waals surface area (Å²) in [6, 6.07) is 11.4. The van der Waals surface area contributed by atoms with Crippen LogP contribution in [-0.2, 0) is 12.1 Å². The van der Waals surface area contributed by atoms with Gasteiger partial charge in [0.15, 0.2) is 0 Å². The van der Waals surface area contributed by atoms with Crippen LogP contribution in [0.4, 0.5) is 18.0 Å². The first kappa shape index (κ1) is 27.4. The quantitative estimate of drug-likeness (QED) is 0.461. The largest absolute Gasteiger partial charge is 0.393 e. The van der Waals surface area contributed by atoms with E-state index in [2.05, 4.69) is 4.98 Å². The number of hydrogen-bond acceptors (Lipinski definition) is 5. The van der Waals surface area contributed by atoms with E-state index in [0.29, 0.717) is 30.6 Å². The van der Waals surface area contributed by atoms with E-state index in [1.165, 1.54) is 21.1 Å². The number of aliphatic hydroxyl groups excluding tert-OH is 1. The van der Waals surface area contributed by atoms with Crippen LogP contribution in [0.25, 0.3) is 5.57 Å². The summed E-state index contributed by atoms with van der Waals surface area (Å²) in [5, 5.41) is 10.7. The van der Waals surface area contributed by atoms with Crippen molar-refractivity contribution in [3.8, 4) is 0 Å². The predicted molar refractivity (Wildman–Crippen MR) is 145 cm³/mol. The lowest BCUT2D eigenvalue weighted by atomic mass is 9.89. The molecule has 6 nitrogen and oxygen atoms in total. The number of aromatic nitrogens is 1. The van der Waals surface area contributed by atoms with Gasteiger partial charge in [-0.2, -0.15) is 0 Å². The van der Waals surface area contributed by atoms with Gasteiger partial charge in [-0.05, 0) is 41.8 Å². The number of benzene rings is 2. The van der Waals surface area contributed by atoms with Crippen molar-refractivity contribution >= 4 is 22.9 Å². The van der Waals surface area contributed by atoms with E-state index < -0.39 is 36.0 Å². The molecule has 5 rings (SSSR count). The topological polar surface area (TPSA) is 59.9 Å². The third-order valence-electron chi connectivity index (χ3n) is 7.72. The van der Waals surface area contributed by atoms with Crippen molar-refractivity contribution in [2.24, 2.45) is 0 Å². The molecular weight excluding hydrogens is 525 g/mol. The number of hydrogen-bond donors (Lipinski definition) is 1. The highest BCUT2D eigenvalue weighted by atomic mass is 32.1. The van der Waals surface area contributed by atoms with Crippen molar-refractivity contribution in [2.45, 2.75) is 37.1 Å². The summed E-state index contributed by atoms with van der Waals surface area (Å²) in [5.74, 6) is -1.21. The van der Waals surface area contributed by atoms with Gasteiger partial charge in [-0.1, -0.05) is 30.3 Å². The molecule has 0 bridgehead atoms. The number of halogens is 3. The SMILES string of the molecule is CN(C(=O)N1CC(c2cc(F)ccc2F)=C[C@@]1(CO)c1ccccc1)C1CCN(Cc2cncs2)CC(F)C1. The van der Waals surface area contributed by atoms with Crippen LogP contribution in [0.15, 0.2) is 66.3 Å². The molecule has 2 aliphatic rings. The standard InChI is InChI=1S/C29H31F3N4O2S/c1-34(24-9-10-35(16-23(31)11-24)17-25-14-33-19-39-25)28(38)36-15-20(26-12-22(30)7-8-27(26)32)13-29(36,18-37)21-5-3-2-4-6-21/h2-8,12-14,19,23-24,37H,9-11,15-18H2,1H3/t23?,24?,29-/m1/s1. The average Bonchev–Trinajstić information content (AvgIpc) is 3.56. The molecule has 3 heterocycles. The second kappa shape index (κ2) is 11.5. The molecule has 1 saturated heterocycles. The van der Waals surface area contributed by atoms with Crippen molar-refractivity contribution in [1.29, 1.82) is 0 Å². The minimum Gasteiger partial charge on any atom is -0.393 e. The van der Waals surface area contributed by atoms with Gasteiger partial charge in [-0.15, -0.1) is 11.3 Å². The van der Waals surface area contributed by atoms with E-state index >= 15 is 4.39 Å². The average molecular weight is 557 g/mol. The van der Waals surface area contributed by atoms with E-state index in [1.807, 2.05) is 11.0 Å². The Morgan fingerprint density at radius 2 is 2.03 bits per heavy atom. The van der Waals surface area contributed by atoms with Gasteiger partial charge in [-0.25, -0.2) is 18.0 Å². The molecule has 2 aliphatic heterocycles. The fourth-order valence-corrected chi connectivity index (χ4v) is 6.27. The van der Waals surface area contributed by atoms with Crippen molar-refractivity contribution < 1.29 is 23.1 Å². The summed E-state index contributed by atoms with van der Waals surface area (Å²) in [4.78, 5) is 24.3. The first-order chi connectivity index (χ1) is 18.8. The number of urea groups is 1. The molecule has 1 N–H and O–H groups in total. The Labute approximate surface area is 230 Å².